The molecule has 23 heavy (non-hydrogen) atoms. The number of rotatable bonds is 8. The third-order valence-corrected chi connectivity index (χ3v) is 4.45. The summed E-state index contributed by atoms with van der Waals surface area (Å²) in [6.07, 6.45) is 0.423. The van der Waals surface area contributed by atoms with Crippen LogP contribution in [0.3, 0.4) is 0 Å². The van der Waals surface area contributed by atoms with Crippen molar-refractivity contribution in [1.29, 1.82) is 0 Å². The SMILES string of the molecule is CCC1(COCC(O)COc2ccc(C(C)(C)C)cc2)COC1. The van der Waals surface area contributed by atoms with Crippen molar-refractivity contribution in [2.24, 2.45) is 5.41 Å². The van der Waals surface area contributed by atoms with Gasteiger partial charge in [0.2, 0.25) is 0 Å². The van der Waals surface area contributed by atoms with E-state index < -0.39 is 6.10 Å². The lowest BCUT2D eigenvalue weighted by atomic mass is 9.84. The van der Waals surface area contributed by atoms with Gasteiger partial charge in [0, 0.05) is 5.41 Å². The van der Waals surface area contributed by atoms with Crippen LogP contribution in [-0.4, -0.2) is 44.2 Å². The van der Waals surface area contributed by atoms with Crippen LogP contribution >= 0.6 is 0 Å². The Kier molecular flexibility index (Phi) is 6.06. The first kappa shape index (κ1) is 18.2. The minimum Gasteiger partial charge on any atom is -0.491 e. The molecule has 0 saturated carbocycles. The van der Waals surface area contributed by atoms with Crippen molar-refractivity contribution < 1.29 is 19.3 Å². The molecule has 2 rings (SSSR count). The molecular formula is C19H30O4. The molecule has 1 unspecified atom stereocenters. The molecule has 0 aliphatic carbocycles. The highest BCUT2D eigenvalue weighted by atomic mass is 16.5. The molecule has 4 nitrogen and oxygen atoms in total. The first-order chi connectivity index (χ1) is 10.8. The molecule has 1 aromatic carbocycles. The Hall–Kier alpha value is -1.10. The fourth-order valence-corrected chi connectivity index (χ4v) is 2.48. The molecular weight excluding hydrogens is 292 g/mol. The van der Waals surface area contributed by atoms with Gasteiger partial charge in [-0.25, -0.2) is 0 Å². The van der Waals surface area contributed by atoms with Crippen molar-refractivity contribution in [2.45, 2.75) is 45.6 Å². The van der Waals surface area contributed by atoms with E-state index in [0.29, 0.717) is 13.2 Å². The highest BCUT2D eigenvalue weighted by Gasteiger charge is 2.37. The largest absolute Gasteiger partial charge is 0.491 e. The average Bonchev–Trinajstić information content (AvgIpc) is 2.47. The van der Waals surface area contributed by atoms with Gasteiger partial charge in [-0.3, -0.25) is 0 Å². The van der Waals surface area contributed by atoms with Crippen molar-refractivity contribution in [3.63, 3.8) is 0 Å². The van der Waals surface area contributed by atoms with Crippen LogP contribution in [0, 0.1) is 5.41 Å². The molecule has 0 bridgehead atoms. The Morgan fingerprint density at radius 3 is 2.30 bits per heavy atom. The van der Waals surface area contributed by atoms with Crippen LogP contribution < -0.4 is 4.74 Å². The zero-order valence-electron chi connectivity index (χ0n) is 14.8. The molecule has 1 heterocycles. The summed E-state index contributed by atoms with van der Waals surface area (Å²) in [4.78, 5) is 0. The van der Waals surface area contributed by atoms with E-state index >= 15 is 0 Å². The van der Waals surface area contributed by atoms with Gasteiger partial charge < -0.3 is 19.3 Å². The maximum absolute atomic E-state index is 9.97. The van der Waals surface area contributed by atoms with Crippen molar-refractivity contribution in [1.82, 2.24) is 0 Å². The maximum Gasteiger partial charge on any atom is 0.119 e. The van der Waals surface area contributed by atoms with Crippen LogP contribution in [0.4, 0.5) is 0 Å². The quantitative estimate of drug-likeness (QED) is 0.798. The summed E-state index contributed by atoms with van der Waals surface area (Å²) in [5.74, 6) is 0.773. The van der Waals surface area contributed by atoms with E-state index in [0.717, 1.165) is 25.4 Å². The zero-order chi connectivity index (χ0) is 16.9. The van der Waals surface area contributed by atoms with E-state index in [1.54, 1.807) is 0 Å². The van der Waals surface area contributed by atoms with Gasteiger partial charge >= 0.3 is 0 Å². The topological polar surface area (TPSA) is 47.9 Å². The summed E-state index contributed by atoms with van der Waals surface area (Å²) in [6, 6.07) is 8.04. The molecule has 130 valence electrons. The van der Waals surface area contributed by atoms with Gasteiger partial charge in [-0.05, 0) is 29.5 Å². The van der Waals surface area contributed by atoms with Crippen LogP contribution in [0.2, 0.25) is 0 Å². The highest BCUT2D eigenvalue weighted by Crippen LogP contribution is 2.31. The summed E-state index contributed by atoms with van der Waals surface area (Å²) in [5.41, 5.74) is 1.55. The van der Waals surface area contributed by atoms with Gasteiger partial charge in [-0.15, -0.1) is 0 Å². The molecule has 1 aliphatic heterocycles. The molecule has 1 aliphatic rings. The fraction of sp³-hybridized carbons (Fsp3) is 0.684. The van der Waals surface area contributed by atoms with Crippen molar-refractivity contribution in [3.05, 3.63) is 29.8 Å². The number of aliphatic hydroxyl groups is 1. The third-order valence-electron chi connectivity index (χ3n) is 4.45. The number of aliphatic hydroxyl groups excluding tert-OH is 1. The van der Waals surface area contributed by atoms with Crippen LogP contribution in [0.5, 0.6) is 5.75 Å². The summed E-state index contributed by atoms with van der Waals surface area (Å²) < 4.78 is 16.5. The minimum atomic E-state index is -0.618. The predicted molar refractivity (Wildman–Crippen MR) is 91.0 cm³/mol. The van der Waals surface area contributed by atoms with Crippen molar-refractivity contribution in [2.75, 3.05) is 33.0 Å². The van der Waals surface area contributed by atoms with Crippen LogP contribution in [0.25, 0.3) is 0 Å². The van der Waals surface area contributed by atoms with Gasteiger partial charge in [0.25, 0.3) is 0 Å². The molecule has 1 saturated heterocycles. The monoisotopic (exact) mass is 322 g/mol. The second-order valence-corrected chi connectivity index (χ2v) is 7.60. The Morgan fingerprint density at radius 1 is 1.17 bits per heavy atom. The third kappa shape index (κ3) is 5.20. The standard InChI is InChI=1S/C19H30O4/c1-5-19(13-22-14-19)12-21-10-16(20)11-23-17-8-6-15(7-9-17)18(2,3)4/h6-9,16,20H,5,10-14H2,1-4H3. The average molecular weight is 322 g/mol. The van der Waals surface area contributed by atoms with Gasteiger partial charge in [0.05, 0.1) is 26.4 Å². The molecule has 1 fully saturated rings. The summed E-state index contributed by atoms with van der Waals surface area (Å²) in [6.45, 7) is 11.4. The fourth-order valence-electron chi connectivity index (χ4n) is 2.48. The van der Waals surface area contributed by atoms with Gasteiger partial charge in [0.15, 0.2) is 0 Å². The Labute approximate surface area is 139 Å². The lowest BCUT2D eigenvalue weighted by Gasteiger charge is -2.40. The molecule has 0 radical (unpaired) electrons. The van der Waals surface area contributed by atoms with Crippen LogP contribution in [0.1, 0.15) is 39.7 Å². The van der Waals surface area contributed by atoms with E-state index in [2.05, 4.69) is 39.8 Å². The Balaban J connectivity index is 1.69. The first-order valence-electron chi connectivity index (χ1n) is 8.41. The van der Waals surface area contributed by atoms with E-state index in [-0.39, 0.29) is 17.4 Å². The molecule has 0 aromatic heterocycles. The molecule has 4 heteroatoms. The van der Waals surface area contributed by atoms with Gasteiger partial charge in [-0.2, -0.15) is 0 Å². The number of ether oxygens (including phenoxy) is 3. The Bertz CT molecular complexity index is 466. The molecule has 0 spiro atoms. The summed E-state index contributed by atoms with van der Waals surface area (Å²) in [7, 11) is 0. The first-order valence-corrected chi connectivity index (χ1v) is 8.41. The normalized spacial score (nSPS) is 18.3. The zero-order valence-corrected chi connectivity index (χ0v) is 14.8. The second-order valence-electron chi connectivity index (χ2n) is 7.60. The van der Waals surface area contributed by atoms with Crippen molar-refractivity contribution in [3.8, 4) is 5.75 Å². The van der Waals surface area contributed by atoms with E-state index in [4.69, 9.17) is 14.2 Å². The van der Waals surface area contributed by atoms with Crippen molar-refractivity contribution >= 4 is 0 Å². The van der Waals surface area contributed by atoms with E-state index in [1.165, 1.54) is 5.56 Å². The lowest BCUT2D eigenvalue weighted by molar-refractivity contribution is -0.156. The molecule has 1 aromatic rings. The van der Waals surface area contributed by atoms with Gasteiger partial charge in [0.1, 0.15) is 18.5 Å². The predicted octanol–water partition coefficient (Wildman–Crippen LogP) is 3.17. The van der Waals surface area contributed by atoms with Gasteiger partial charge in [-0.1, -0.05) is 39.8 Å². The smallest absolute Gasteiger partial charge is 0.119 e. The Morgan fingerprint density at radius 2 is 1.83 bits per heavy atom. The molecule has 1 atom stereocenters. The number of hydrogen-bond acceptors (Lipinski definition) is 4. The molecule has 0 amide bonds. The maximum atomic E-state index is 9.97. The number of hydrogen-bond donors (Lipinski definition) is 1. The highest BCUT2D eigenvalue weighted by molar-refractivity contribution is 5.31. The van der Waals surface area contributed by atoms with E-state index in [9.17, 15) is 5.11 Å². The van der Waals surface area contributed by atoms with Crippen LogP contribution in [0.15, 0.2) is 24.3 Å². The second kappa shape index (κ2) is 7.65. The number of benzene rings is 1. The summed E-state index contributed by atoms with van der Waals surface area (Å²) in [5, 5.41) is 9.97. The summed E-state index contributed by atoms with van der Waals surface area (Å²) >= 11 is 0. The molecule has 1 N–H and O–H groups in total. The van der Waals surface area contributed by atoms with Crippen LogP contribution in [-0.2, 0) is 14.9 Å². The lowest BCUT2D eigenvalue weighted by Crippen LogP contribution is -2.46. The minimum absolute atomic E-state index is 0.131. The van der Waals surface area contributed by atoms with E-state index in [1.807, 2.05) is 12.1 Å².